The van der Waals surface area contributed by atoms with E-state index in [0.717, 1.165) is 23.4 Å². The molecule has 2 aromatic carbocycles. The molecule has 152 valence electrons. The number of anilines is 2. The fourth-order valence-electron chi connectivity index (χ4n) is 3.54. The standard InChI is InChI=1S/C20H18F3N3OS2/c1-24(2)14-8-6-12(7-9-14)18-26-16(11-29-18)17(27)25(19(26)28)15-5-3-4-13(10-15)20(21,22)23/h3-10,16,18H,11H2,1-2H3. The van der Waals surface area contributed by atoms with Crippen LogP contribution in [0.2, 0.25) is 0 Å². The number of carbonyl (C=O) groups excluding carboxylic acids is 1. The lowest BCUT2D eigenvalue weighted by molar-refractivity contribution is -0.137. The number of fused-ring (bicyclic) bond motifs is 1. The van der Waals surface area contributed by atoms with Gasteiger partial charge < -0.3 is 9.80 Å². The number of hydrogen-bond acceptors (Lipinski definition) is 4. The highest BCUT2D eigenvalue weighted by Gasteiger charge is 2.51. The molecule has 2 atom stereocenters. The van der Waals surface area contributed by atoms with Crippen LogP contribution in [0.1, 0.15) is 16.5 Å². The topological polar surface area (TPSA) is 26.8 Å². The number of thiocarbonyl (C=S) groups is 1. The Hall–Kier alpha value is -2.26. The number of thioether (sulfide) groups is 1. The molecule has 0 bridgehead atoms. The van der Waals surface area contributed by atoms with Crippen LogP contribution in [0.25, 0.3) is 0 Å². The molecule has 4 rings (SSSR count). The molecule has 2 aliphatic rings. The maximum Gasteiger partial charge on any atom is 0.416 e. The molecule has 2 aromatic rings. The molecule has 2 fully saturated rings. The summed E-state index contributed by atoms with van der Waals surface area (Å²) in [5, 5.41) is 0.0921. The van der Waals surface area contributed by atoms with E-state index >= 15 is 0 Å². The van der Waals surface area contributed by atoms with Crippen LogP contribution in [0, 0.1) is 0 Å². The Morgan fingerprint density at radius 1 is 1.14 bits per heavy atom. The van der Waals surface area contributed by atoms with Crippen LogP contribution in [0.4, 0.5) is 24.5 Å². The van der Waals surface area contributed by atoms with Gasteiger partial charge in [0.2, 0.25) is 0 Å². The zero-order chi connectivity index (χ0) is 20.9. The molecule has 0 aromatic heterocycles. The van der Waals surface area contributed by atoms with Gasteiger partial charge in [-0.1, -0.05) is 18.2 Å². The lowest BCUT2D eigenvalue weighted by Gasteiger charge is -2.26. The molecule has 0 radical (unpaired) electrons. The summed E-state index contributed by atoms with van der Waals surface area (Å²) in [7, 11) is 3.91. The number of rotatable bonds is 3. The van der Waals surface area contributed by atoms with Crippen molar-refractivity contribution in [3.8, 4) is 0 Å². The van der Waals surface area contributed by atoms with Crippen molar-refractivity contribution >= 4 is 46.4 Å². The maximum atomic E-state index is 13.1. The highest BCUT2D eigenvalue weighted by molar-refractivity contribution is 7.99. The molecule has 4 nitrogen and oxygen atoms in total. The first-order chi connectivity index (χ1) is 13.7. The third kappa shape index (κ3) is 3.46. The van der Waals surface area contributed by atoms with Crippen molar-refractivity contribution < 1.29 is 18.0 Å². The number of halogens is 3. The molecular formula is C20H18F3N3OS2. The van der Waals surface area contributed by atoms with Crippen molar-refractivity contribution in [3.05, 3.63) is 59.7 Å². The van der Waals surface area contributed by atoms with E-state index in [1.54, 1.807) is 11.8 Å². The third-order valence-electron chi connectivity index (χ3n) is 5.04. The molecule has 2 unspecified atom stereocenters. The molecule has 2 aliphatic heterocycles. The van der Waals surface area contributed by atoms with Crippen molar-refractivity contribution in [1.82, 2.24) is 4.90 Å². The van der Waals surface area contributed by atoms with Crippen LogP contribution in [0.15, 0.2) is 48.5 Å². The molecule has 1 amide bonds. The van der Waals surface area contributed by atoms with Gasteiger partial charge in [-0.25, -0.2) is 0 Å². The van der Waals surface area contributed by atoms with E-state index in [1.807, 2.05) is 48.2 Å². The summed E-state index contributed by atoms with van der Waals surface area (Å²) in [6.07, 6.45) is -4.48. The second kappa shape index (κ2) is 7.21. The average molecular weight is 438 g/mol. The van der Waals surface area contributed by atoms with Crippen molar-refractivity contribution in [2.45, 2.75) is 17.6 Å². The smallest absolute Gasteiger partial charge is 0.378 e. The first-order valence-electron chi connectivity index (χ1n) is 8.91. The number of alkyl halides is 3. The van der Waals surface area contributed by atoms with E-state index in [0.29, 0.717) is 5.75 Å². The van der Waals surface area contributed by atoms with Crippen LogP contribution in [0.3, 0.4) is 0 Å². The predicted octanol–water partition coefficient (Wildman–Crippen LogP) is 4.52. The van der Waals surface area contributed by atoms with Crippen molar-refractivity contribution in [1.29, 1.82) is 0 Å². The maximum absolute atomic E-state index is 13.1. The van der Waals surface area contributed by atoms with E-state index in [4.69, 9.17) is 12.2 Å². The fraction of sp³-hybridized carbons (Fsp3) is 0.300. The molecule has 2 heterocycles. The van der Waals surface area contributed by atoms with Crippen LogP contribution in [0.5, 0.6) is 0 Å². The minimum absolute atomic E-state index is 0.149. The molecule has 0 spiro atoms. The third-order valence-corrected chi connectivity index (χ3v) is 6.76. The molecule has 0 saturated carbocycles. The monoisotopic (exact) mass is 437 g/mol. The number of hydrogen-bond donors (Lipinski definition) is 0. The Morgan fingerprint density at radius 3 is 2.45 bits per heavy atom. The molecule has 0 aliphatic carbocycles. The minimum atomic E-state index is -4.48. The summed E-state index contributed by atoms with van der Waals surface area (Å²) in [5.74, 6) is 0.253. The zero-order valence-corrected chi connectivity index (χ0v) is 17.3. The van der Waals surface area contributed by atoms with Gasteiger partial charge >= 0.3 is 6.18 Å². The van der Waals surface area contributed by atoms with Crippen LogP contribution in [-0.4, -0.2) is 41.8 Å². The van der Waals surface area contributed by atoms with Crippen molar-refractivity contribution in [3.63, 3.8) is 0 Å². The van der Waals surface area contributed by atoms with E-state index in [1.165, 1.54) is 17.0 Å². The Kier molecular flexibility index (Phi) is 4.98. The van der Waals surface area contributed by atoms with Gasteiger partial charge in [-0.3, -0.25) is 9.69 Å². The first-order valence-corrected chi connectivity index (χ1v) is 10.4. The highest BCUT2D eigenvalue weighted by Crippen LogP contribution is 2.46. The lowest BCUT2D eigenvalue weighted by atomic mass is 10.1. The average Bonchev–Trinajstić information content (AvgIpc) is 3.22. The Balaban J connectivity index is 1.64. The summed E-state index contributed by atoms with van der Waals surface area (Å²) >= 11 is 7.16. The lowest BCUT2D eigenvalue weighted by Crippen LogP contribution is -2.33. The zero-order valence-electron chi connectivity index (χ0n) is 15.7. The van der Waals surface area contributed by atoms with Gasteiger partial charge in [0.15, 0.2) is 5.11 Å². The van der Waals surface area contributed by atoms with Gasteiger partial charge in [-0.2, -0.15) is 13.2 Å². The largest absolute Gasteiger partial charge is 0.416 e. The van der Waals surface area contributed by atoms with Crippen molar-refractivity contribution in [2.24, 2.45) is 0 Å². The van der Waals surface area contributed by atoms with Crippen LogP contribution >= 0.6 is 24.0 Å². The Labute approximate surface area is 176 Å². The number of benzene rings is 2. The molecule has 0 N–H and O–H groups in total. The van der Waals surface area contributed by atoms with E-state index in [2.05, 4.69) is 0 Å². The van der Waals surface area contributed by atoms with Gasteiger partial charge in [0.1, 0.15) is 11.4 Å². The van der Waals surface area contributed by atoms with Gasteiger partial charge in [-0.05, 0) is 48.1 Å². The number of carbonyl (C=O) groups is 1. The summed E-state index contributed by atoms with van der Waals surface area (Å²) < 4.78 is 39.3. The first kappa shape index (κ1) is 20.0. The summed E-state index contributed by atoms with van der Waals surface area (Å²) in [4.78, 5) is 18.0. The van der Waals surface area contributed by atoms with Gasteiger partial charge in [-0.15, -0.1) is 11.8 Å². The SMILES string of the molecule is CN(C)c1ccc(C2SCC3C(=O)N(c4cccc(C(F)(F)F)c4)C(=S)N32)cc1. The van der Waals surface area contributed by atoms with Crippen molar-refractivity contribution in [2.75, 3.05) is 29.6 Å². The summed E-state index contributed by atoms with van der Waals surface area (Å²) in [6.45, 7) is 0. The fourth-order valence-corrected chi connectivity index (χ4v) is 5.46. The van der Waals surface area contributed by atoms with Crippen LogP contribution in [-0.2, 0) is 11.0 Å². The minimum Gasteiger partial charge on any atom is -0.378 e. The molecule has 29 heavy (non-hydrogen) atoms. The molecule has 9 heteroatoms. The van der Waals surface area contributed by atoms with E-state index in [-0.39, 0.29) is 22.1 Å². The summed E-state index contributed by atoms with van der Waals surface area (Å²) in [5.41, 5.74) is 1.40. The van der Waals surface area contributed by atoms with Gasteiger partial charge in [0, 0.05) is 25.5 Å². The van der Waals surface area contributed by atoms with Crippen LogP contribution < -0.4 is 9.80 Å². The number of amides is 1. The predicted molar refractivity (Wildman–Crippen MR) is 113 cm³/mol. The summed E-state index contributed by atoms with van der Waals surface area (Å²) in [6, 6.07) is 12.2. The van der Waals surface area contributed by atoms with Gasteiger partial charge in [0.25, 0.3) is 5.91 Å². The highest BCUT2D eigenvalue weighted by atomic mass is 32.2. The molecule has 2 saturated heterocycles. The number of nitrogens with zero attached hydrogens (tertiary/aromatic N) is 3. The molecular weight excluding hydrogens is 419 g/mol. The Bertz CT molecular complexity index is 962. The second-order valence-corrected chi connectivity index (χ2v) is 8.58. The quantitative estimate of drug-likeness (QED) is 0.658. The van der Waals surface area contributed by atoms with E-state index in [9.17, 15) is 18.0 Å². The van der Waals surface area contributed by atoms with E-state index < -0.39 is 17.8 Å². The van der Waals surface area contributed by atoms with Gasteiger partial charge in [0.05, 0.1) is 11.3 Å². The Morgan fingerprint density at radius 2 is 1.83 bits per heavy atom. The second-order valence-electron chi connectivity index (χ2n) is 7.10. The normalized spacial score (nSPS) is 21.7.